The number of benzene rings is 2. The van der Waals surface area contributed by atoms with Crippen molar-refractivity contribution in [3.8, 4) is 11.6 Å². The van der Waals surface area contributed by atoms with E-state index in [2.05, 4.69) is 46.9 Å². The number of aromatic nitrogens is 4. The van der Waals surface area contributed by atoms with Gasteiger partial charge in [0.25, 0.3) is 0 Å². The average Bonchev–Trinajstić information content (AvgIpc) is 3.14. The SMILES string of the molecule is CCCc1ccc2c(c1)nc(-n1[nH]c(C)cc1=S)n2-c1ccccc1. The van der Waals surface area contributed by atoms with E-state index in [1.807, 2.05) is 35.9 Å². The summed E-state index contributed by atoms with van der Waals surface area (Å²) in [5, 5.41) is 3.30. The van der Waals surface area contributed by atoms with Crippen LogP contribution in [-0.4, -0.2) is 19.3 Å². The van der Waals surface area contributed by atoms with Crippen molar-refractivity contribution in [1.29, 1.82) is 0 Å². The third-order valence-corrected chi connectivity index (χ3v) is 4.60. The monoisotopic (exact) mass is 348 g/mol. The molecule has 0 spiro atoms. The Balaban J connectivity index is 2.03. The second-order valence-corrected chi connectivity index (χ2v) is 6.69. The predicted molar refractivity (Wildman–Crippen MR) is 104 cm³/mol. The molecular weight excluding hydrogens is 328 g/mol. The molecule has 0 saturated heterocycles. The first kappa shape index (κ1) is 15.8. The molecule has 1 N–H and O–H groups in total. The van der Waals surface area contributed by atoms with Crippen molar-refractivity contribution in [3.63, 3.8) is 0 Å². The van der Waals surface area contributed by atoms with Crippen LogP contribution in [0.1, 0.15) is 24.6 Å². The van der Waals surface area contributed by atoms with Crippen LogP contribution in [0.5, 0.6) is 0 Å². The second kappa shape index (κ2) is 6.33. The summed E-state index contributed by atoms with van der Waals surface area (Å²) in [6.45, 7) is 4.19. The summed E-state index contributed by atoms with van der Waals surface area (Å²) >= 11 is 5.51. The molecule has 4 rings (SSSR count). The van der Waals surface area contributed by atoms with Crippen molar-refractivity contribution in [2.45, 2.75) is 26.7 Å². The molecule has 4 aromatic rings. The molecule has 2 aromatic heterocycles. The quantitative estimate of drug-likeness (QED) is 0.519. The highest BCUT2D eigenvalue weighted by Crippen LogP contribution is 2.25. The number of hydrogen-bond donors (Lipinski definition) is 1. The van der Waals surface area contributed by atoms with Gasteiger partial charge in [0.1, 0.15) is 4.64 Å². The van der Waals surface area contributed by atoms with E-state index in [0.717, 1.165) is 45.8 Å². The number of hydrogen-bond acceptors (Lipinski definition) is 2. The van der Waals surface area contributed by atoms with Gasteiger partial charge in [-0.3, -0.25) is 9.67 Å². The van der Waals surface area contributed by atoms with E-state index in [4.69, 9.17) is 17.2 Å². The van der Waals surface area contributed by atoms with Crippen LogP contribution in [0.15, 0.2) is 54.6 Å². The Kier molecular flexibility index (Phi) is 4.01. The third kappa shape index (κ3) is 2.81. The van der Waals surface area contributed by atoms with Crippen LogP contribution in [-0.2, 0) is 6.42 Å². The van der Waals surface area contributed by atoms with Crippen LogP contribution in [0, 0.1) is 11.6 Å². The molecule has 0 aliphatic rings. The summed E-state index contributed by atoms with van der Waals surface area (Å²) in [7, 11) is 0. The third-order valence-electron chi connectivity index (χ3n) is 4.30. The normalized spacial score (nSPS) is 11.3. The number of rotatable bonds is 4. The highest BCUT2D eigenvalue weighted by atomic mass is 32.1. The zero-order valence-corrected chi connectivity index (χ0v) is 15.2. The molecule has 0 aliphatic carbocycles. The maximum absolute atomic E-state index is 5.51. The number of para-hydroxylation sites is 1. The van der Waals surface area contributed by atoms with Gasteiger partial charge in [0.2, 0.25) is 5.95 Å². The van der Waals surface area contributed by atoms with Crippen molar-refractivity contribution in [3.05, 3.63) is 70.5 Å². The highest BCUT2D eigenvalue weighted by Gasteiger charge is 2.15. The lowest BCUT2D eigenvalue weighted by Crippen LogP contribution is -2.07. The van der Waals surface area contributed by atoms with E-state index in [0.29, 0.717) is 0 Å². The van der Waals surface area contributed by atoms with Gasteiger partial charge in [0, 0.05) is 11.4 Å². The van der Waals surface area contributed by atoms with Gasteiger partial charge in [-0.15, -0.1) is 0 Å². The van der Waals surface area contributed by atoms with Crippen LogP contribution in [0.2, 0.25) is 0 Å². The zero-order valence-electron chi connectivity index (χ0n) is 14.4. The van der Waals surface area contributed by atoms with E-state index < -0.39 is 0 Å². The average molecular weight is 348 g/mol. The molecule has 0 unspecified atom stereocenters. The molecule has 2 heterocycles. The Labute approximate surface area is 151 Å². The molecule has 0 radical (unpaired) electrons. The number of nitrogens with zero attached hydrogens (tertiary/aromatic N) is 3. The van der Waals surface area contributed by atoms with Gasteiger partial charge in [0.15, 0.2) is 0 Å². The first-order chi connectivity index (χ1) is 12.2. The first-order valence-electron chi connectivity index (χ1n) is 8.53. The Bertz CT molecular complexity index is 1090. The minimum absolute atomic E-state index is 0.721. The number of fused-ring (bicyclic) bond motifs is 1. The van der Waals surface area contributed by atoms with Crippen molar-refractivity contribution >= 4 is 23.3 Å². The maximum Gasteiger partial charge on any atom is 0.236 e. The molecular formula is C20H20N4S. The summed E-state index contributed by atoms with van der Waals surface area (Å²) in [5.74, 6) is 0.785. The largest absolute Gasteiger partial charge is 0.295 e. The number of nitrogens with one attached hydrogen (secondary N) is 1. The Hall–Kier alpha value is -2.66. The summed E-state index contributed by atoms with van der Waals surface area (Å²) in [6.07, 6.45) is 2.18. The van der Waals surface area contributed by atoms with Crippen LogP contribution in [0.25, 0.3) is 22.7 Å². The number of aromatic amines is 1. The van der Waals surface area contributed by atoms with Gasteiger partial charge in [0.05, 0.1) is 11.0 Å². The summed E-state index contributed by atoms with van der Waals surface area (Å²) in [6, 6.07) is 18.7. The number of imidazole rings is 1. The van der Waals surface area contributed by atoms with Crippen LogP contribution in [0.4, 0.5) is 0 Å². The second-order valence-electron chi connectivity index (χ2n) is 6.27. The van der Waals surface area contributed by atoms with Crippen molar-refractivity contribution < 1.29 is 0 Å². The van der Waals surface area contributed by atoms with Crippen molar-refractivity contribution in [1.82, 2.24) is 19.3 Å². The van der Waals surface area contributed by atoms with E-state index in [9.17, 15) is 0 Å². The standard InChI is InChI=1S/C20H20N4S/c1-3-7-15-10-11-18-17(13-15)21-20(24-19(25)12-14(2)22-24)23(18)16-8-5-4-6-9-16/h4-6,8-13,22H,3,7H2,1-2H3. The lowest BCUT2D eigenvalue weighted by Gasteiger charge is -2.09. The van der Waals surface area contributed by atoms with Gasteiger partial charge in [-0.1, -0.05) is 49.8 Å². The van der Waals surface area contributed by atoms with Gasteiger partial charge in [-0.25, -0.2) is 9.67 Å². The van der Waals surface area contributed by atoms with Gasteiger partial charge < -0.3 is 0 Å². The minimum atomic E-state index is 0.721. The fourth-order valence-electron chi connectivity index (χ4n) is 3.20. The molecule has 0 amide bonds. The topological polar surface area (TPSA) is 38.5 Å². The van der Waals surface area contributed by atoms with E-state index in [1.54, 1.807) is 0 Å². The first-order valence-corrected chi connectivity index (χ1v) is 8.94. The van der Waals surface area contributed by atoms with Crippen molar-refractivity contribution in [2.24, 2.45) is 0 Å². The summed E-state index contributed by atoms with van der Waals surface area (Å²) in [5.41, 5.74) is 5.46. The molecule has 5 heteroatoms. The molecule has 0 saturated carbocycles. The predicted octanol–water partition coefficient (Wildman–Crippen LogP) is 5.13. The van der Waals surface area contributed by atoms with E-state index in [1.165, 1.54) is 5.56 Å². The Morgan fingerprint density at radius 3 is 2.56 bits per heavy atom. The zero-order chi connectivity index (χ0) is 17.4. The van der Waals surface area contributed by atoms with Gasteiger partial charge in [-0.05, 0) is 49.2 Å². The fraction of sp³-hybridized carbons (Fsp3) is 0.200. The molecule has 4 nitrogen and oxygen atoms in total. The van der Waals surface area contributed by atoms with Gasteiger partial charge >= 0.3 is 0 Å². The summed E-state index contributed by atoms with van der Waals surface area (Å²) < 4.78 is 4.74. The maximum atomic E-state index is 5.51. The number of H-pyrrole nitrogens is 1. The van der Waals surface area contributed by atoms with E-state index >= 15 is 0 Å². The number of aryl methyl sites for hydroxylation is 2. The molecule has 0 aliphatic heterocycles. The van der Waals surface area contributed by atoms with Gasteiger partial charge in [-0.2, -0.15) is 0 Å². The molecule has 0 atom stereocenters. The molecule has 126 valence electrons. The van der Waals surface area contributed by atoms with Crippen molar-refractivity contribution in [2.75, 3.05) is 0 Å². The van der Waals surface area contributed by atoms with Crippen LogP contribution >= 0.6 is 12.2 Å². The van der Waals surface area contributed by atoms with E-state index in [-0.39, 0.29) is 0 Å². The molecule has 0 fully saturated rings. The molecule has 25 heavy (non-hydrogen) atoms. The lowest BCUT2D eigenvalue weighted by molar-refractivity contribution is 0.777. The Morgan fingerprint density at radius 1 is 1.08 bits per heavy atom. The smallest absolute Gasteiger partial charge is 0.236 e. The fourth-order valence-corrected chi connectivity index (χ4v) is 3.51. The molecule has 2 aromatic carbocycles. The minimum Gasteiger partial charge on any atom is -0.295 e. The van der Waals surface area contributed by atoms with Crippen LogP contribution < -0.4 is 0 Å². The lowest BCUT2D eigenvalue weighted by atomic mass is 10.1. The summed E-state index contributed by atoms with van der Waals surface area (Å²) in [4.78, 5) is 4.90. The highest BCUT2D eigenvalue weighted by molar-refractivity contribution is 7.71. The Morgan fingerprint density at radius 2 is 1.88 bits per heavy atom. The molecule has 0 bridgehead atoms. The van der Waals surface area contributed by atoms with Crippen LogP contribution in [0.3, 0.4) is 0 Å².